The largest absolute Gasteiger partial charge is 0.354 e. The van der Waals surface area contributed by atoms with Gasteiger partial charge in [-0.15, -0.1) is 0 Å². The molecule has 1 aromatic carbocycles. The summed E-state index contributed by atoms with van der Waals surface area (Å²) in [6, 6.07) is 11.7. The maximum Gasteiger partial charge on any atom is 0.131 e. The zero-order valence-corrected chi connectivity index (χ0v) is 12.1. The molecule has 2 heterocycles. The predicted molar refractivity (Wildman–Crippen MR) is 82.0 cm³/mol. The maximum atomic E-state index is 5.88. The highest BCUT2D eigenvalue weighted by Crippen LogP contribution is 2.27. The maximum absolute atomic E-state index is 5.88. The molecule has 2 aromatic heterocycles. The average Bonchev–Trinajstić information content (AvgIpc) is 2.38. The molecule has 0 bridgehead atoms. The number of anilines is 2. The number of nitrogens with zero attached hydrogens (tertiary/aromatic N) is 2. The third-order valence-corrected chi connectivity index (χ3v) is 3.32. The van der Waals surface area contributed by atoms with Gasteiger partial charge < -0.3 is 5.32 Å². The van der Waals surface area contributed by atoms with Crippen molar-refractivity contribution in [2.75, 3.05) is 5.32 Å². The van der Waals surface area contributed by atoms with Crippen molar-refractivity contribution in [1.29, 1.82) is 0 Å². The van der Waals surface area contributed by atoms with Crippen molar-refractivity contribution < 1.29 is 0 Å². The van der Waals surface area contributed by atoms with Gasteiger partial charge in [-0.3, -0.25) is 4.98 Å². The molecule has 0 amide bonds. The molecule has 3 rings (SSSR count). The molecule has 3 aromatic rings. The fourth-order valence-electron chi connectivity index (χ4n) is 1.87. The Morgan fingerprint density at radius 1 is 1.11 bits per heavy atom. The van der Waals surface area contributed by atoms with Crippen LogP contribution in [0.5, 0.6) is 0 Å². The Balaban J connectivity index is 2.06. The van der Waals surface area contributed by atoms with E-state index in [9.17, 15) is 0 Å². The highest BCUT2D eigenvalue weighted by molar-refractivity contribution is 9.10. The van der Waals surface area contributed by atoms with Gasteiger partial charge in [-0.1, -0.05) is 23.7 Å². The zero-order valence-electron chi connectivity index (χ0n) is 9.77. The van der Waals surface area contributed by atoms with Crippen LogP contribution in [-0.2, 0) is 0 Å². The number of fused-ring (bicyclic) bond motifs is 1. The molecule has 0 atom stereocenters. The van der Waals surface area contributed by atoms with Crippen LogP contribution < -0.4 is 5.32 Å². The van der Waals surface area contributed by atoms with Gasteiger partial charge in [0.2, 0.25) is 0 Å². The summed E-state index contributed by atoms with van der Waals surface area (Å²) < 4.78 is 0.962. The number of hydrogen-bond donors (Lipinski definition) is 1. The molecule has 0 radical (unpaired) electrons. The summed E-state index contributed by atoms with van der Waals surface area (Å²) in [4.78, 5) is 8.40. The lowest BCUT2D eigenvalue weighted by molar-refractivity contribution is 1.32. The van der Waals surface area contributed by atoms with Crippen molar-refractivity contribution in [2.45, 2.75) is 0 Å². The lowest BCUT2D eigenvalue weighted by Gasteiger charge is -2.09. The number of para-hydroxylation sites is 1. The molecule has 19 heavy (non-hydrogen) atoms. The minimum absolute atomic E-state index is 0.459. The minimum Gasteiger partial charge on any atom is -0.354 e. The van der Waals surface area contributed by atoms with Crippen LogP contribution in [0.15, 0.2) is 53.3 Å². The number of nitrogens with one attached hydrogen (secondary N) is 1. The fraction of sp³-hybridized carbons (Fsp3) is 0. The first kappa shape index (κ1) is 12.4. The summed E-state index contributed by atoms with van der Waals surface area (Å²) in [5, 5.41) is 4.83. The van der Waals surface area contributed by atoms with Crippen LogP contribution in [0.25, 0.3) is 10.9 Å². The topological polar surface area (TPSA) is 37.8 Å². The summed E-state index contributed by atoms with van der Waals surface area (Å²) in [6.45, 7) is 0. The van der Waals surface area contributed by atoms with Gasteiger partial charge in [0, 0.05) is 27.9 Å². The summed E-state index contributed by atoms with van der Waals surface area (Å²) in [7, 11) is 0. The van der Waals surface area contributed by atoms with Gasteiger partial charge in [0.05, 0.1) is 11.2 Å². The Hall–Kier alpha value is -1.65. The van der Waals surface area contributed by atoms with Gasteiger partial charge in [0.15, 0.2) is 0 Å². The fourth-order valence-corrected chi connectivity index (χ4v) is 2.39. The molecule has 0 spiro atoms. The van der Waals surface area contributed by atoms with Crippen molar-refractivity contribution in [3.05, 3.63) is 58.4 Å². The van der Waals surface area contributed by atoms with Crippen LogP contribution in [0.2, 0.25) is 5.15 Å². The SMILES string of the molecule is Clc1cc(Nc2cccc3cc(Br)cnc23)ccn1. The van der Waals surface area contributed by atoms with Crippen LogP contribution in [0.1, 0.15) is 0 Å². The third-order valence-electron chi connectivity index (χ3n) is 2.68. The molecular weight excluding hydrogens is 326 g/mol. The summed E-state index contributed by atoms with van der Waals surface area (Å²) in [6.07, 6.45) is 3.45. The number of pyridine rings is 2. The molecule has 0 aliphatic heterocycles. The van der Waals surface area contributed by atoms with Crippen LogP contribution in [-0.4, -0.2) is 9.97 Å². The first-order valence-electron chi connectivity index (χ1n) is 5.65. The van der Waals surface area contributed by atoms with Crippen molar-refractivity contribution >= 4 is 49.8 Å². The van der Waals surface area contributed by atoms with Crippen LogP contribution in [0.4, 0.5) is 11.4 Å². The first-order chi connectivity index (χ1) is 9.22. The second kappa shape index (κ2) is 5.15. The van der Waals surface area contributed by atoms with Gasteiger partial charge in [-0.2, -0.15) is 0 Å². The van der Waals surface area contributed by atoms with E-state index in [0.29, 0.717) is 5.15 Å². The van der Waals surface area contributed by atoms with E-state index in [2.05, 4.69) is 31.2 Å². The molecule has 0 aliphatic carbocycles. The normalized spacial score (nSPS) is 10.6. The molecule has 1 N–H and O–H groups in total. The first-order valence-corrected chi connectivity index (χ1v) is 6.82. The Morgan fingerprint density at radius 2 is 2.00 bits per heavy atom. The lowest BCUT2D eigenvalue weighted by atomic mass is 10.2. The zero-order chi connectivity index (χ0) is 13.2. The van der Waals surface area contributed by atoms with Gasteiger partial charge in [0.1, 0.15) is 5.15 Å². The summed E-state index contributed by atoms with van der Waals surface area (Å²) in [5.41, 5.74) is 2.74. The molecule has 0 saturated carbocycles. The Kier molecular flexibility index (Phi) is 3.36. The van der Waals surface area contributed by atoms with Gasteiger partial charge in [0.25, 0.3) is 0 Å². The number of benzene rings is 1. The molecule has 3 nitrogen and oxygen atoms in total. The van der Waals surface area contributed by atoms with Crippen molar-refractivity contribution in [3.8, 4) is 0 Å². The predicted octanol–water partition coefficient (Wildman–Crippen LogP) is 4.79. The Morgan fingerprint density at radius 3 is 2.84 bits per heavy atom. The molecule has 0 unspecified atom stereocenters. The highest BCUT2D eigenvalue weighted by Gasteiger charge is 2.03. The van der Waals surface area contributed by atoms with Crippen molar-refractivity contribution in [1.82, 2.24) is 9.97 Å². The standard InChI is InChI=1S/C14H9BrClN3/c15-10-6-9-2-1-3-12(14(9)18-8-10)19-11-4-5-17-13(16)7-11/h1-8H,(H,17,19). The van der Waals surface area contributed by atoms with E-state index >= 15 is 0 Å². The van der Waals surface area contributed by atoms with Crippen LogP contribution >= 0.6 is 27.5 Å². The molecule has 94 valence electrons. The number of hydrogen-bond acceptors (Lipinski definition) is 3. The smallest absolute Gasteiger partial charge is 0.131 e. The molecular formula is C14H9BrClN3. The van der Waals surface area contributed by atoms with Gasteiger partial charge >= 0.3 is 0 Å². The summed E-state index contributed by atoms with van der Waals surface area (Å²) >= 11 is 9.30. The Bertz CT molecular complexity index is 746. The molecule has 0 fully saturated rings. The molecule has 0 saturated heterocycles. The number of rotatable bonds is 2. The van der Waals surface area contributed by atoms with E-state index in [1.54, 1.807) is 18.5 Å². The van der Waals surface area contributed by atoms with Crippen molar-refractivity contribution in [2.24, 2.45) is 0 Å². The second-order valence-electron chi connectivity index (χ2n) is 4.02. The van der Waals surface area contributed by atoms with Crippen molar-refractivity contribution in [3.63, 3.8) is 0 Å². The van der Waals surface area contributed by atoms with E-state index in [1.807, 2.05) is 30.3 Å². The van der Waals surface area contributed by atoms with E-state index in [1.165, 1.54) is 0 Å². The van der Waals surface area contributed by atoms with Gasteiger partial charge in [-0.25, -0.2) is 4.98 Å². The number of halogens is 2. The Labute approximate surface area is 123 Å². The van der Waals surface area contributed by atoms with E-state index in [0.717, 1.165) is 26.8 Å². The number of aromatic nitrogens is 2. The lowest BCUT2D eigenvalue weighted by Crippen LogP contribution is -1.93. The monoisotopic (exact) mass is 333 g/mol. The highest BCUT2D eigenvalue weighted by atomic mass is 79.9. The van der Waals surface area contributed by atoms with Gasteiger partial charge in [-0.05, 0) is 40.2 Å². The average molecular weight is 335 g/mol. The third kappa shape index (κ3) is 2.69. The van der Waals surface area contributed by atoms with Crippen LogP contribution in [0, 0.1) is 0 Å². The summed E-state index contributed by atoms with van der Waals surface area (Å²) in [5.74, 6) is 0. The minimum atomic E-state index is 0.459. The quantitative estimate of drug-likeness (QED) is 0.685. The molecule has 0 aliphatic rings. The molecule has 5 heteroatoms. The van der Waals surface area contributed by atoms with E-state index < -0.39 is 0 Å². The van der Waals surface area contributed by atoms with Crippen LogP contribution in [0.3, 0.4) is 0 Å². The van der Waals surface area contributed by atoms with E-state index in [4.69, 9.17) is 11.6 Å². The second-order valence-corrected chi connectivity index (χ2v) is 5.33. The van der Waals surface area contributed by atoms with E-state index in [-0.39, 0.29) is 0 Å².